The van der Waals surface area contributed by atoms with E-state index in [4.69, 9.17) is 0 Å². The summed E-state index contributed by atoms with van der Waals surface area (Å²) in [6, 6.07) is 6.94. The van der Waals surface area contributed by atoms with E-state index in [1.54, 1.807) is 23.9 Å². The summed E-state index contributed by atoms with van der Waals surface area (Å²) in [5.41, 5.74) is 3.31. The zero-order valence-electron chi connectivity index (χ0n) is 14.0. The van der Waals surface area contributed by atoms with Crippen molar-refractivity contribution in [3.63, 3.8) is 0 Å². The smallest absolute Gasteiger partial charge is 0.181 e. The van der Waals surface area contributed by atoms with Gasteiger partial charge < -0.3 is 10.2 Å². The third-order valence-corrected chi connectivity index (χ3v) is 4.43. The minimum absolute atomic E-state index is 0.313. The van der Waals surface area contributed by atoms with Crippen molar-refractivity contribution < 1.29 is 4.39 Å². The molecule has 3 aromatic rings. The molecule has 0 unspecified atom stereocenters. The molecule has 0 radical (unpaired) electrons. The lowest BCUT2D eigenvalue weighted by atomic mass is 9.84. The fraction of sp³-hybridized carbons (Fsp3) is 0.333. The van der Waals surface area contributed by atoms with Crippen LogP contribution in [0.2, 0.25) is 0 Å². The highest BCUT2D eigenvalue weighted by atomic mass is 19.1. The predicted octanol–water partition coefficient (Wildman–Crippen LogP) is 3.45. The Bertz CT molecular complexity index is 907. The van der Waals surface area contributed by atoms with Gasteiger partial charge in [-0.15, -0.1) is 5.10 Å². The van der Waals surface area contributed by atoms with Crippen molar-refractivity contribution in [2.75, 3.05) is 30.4 Å². The van der Waals surface area contributed by atoms with Crippen LogP contribution in [0.15, 0.2) is 36.7 Å². The molecule has 1 aromatic carbocycles. The lowest BCUT2D eigenvalue weighted by Crippen LogP contribution is -2.53. The van der Waals surface area contributed by atoms with Crippen molar-refractivity contribution in [3.05, 3.63) is 42.5 Å². The first-order valence-corrected chi connectivity index (χ1v) is 8.03. The van der Waals surface area contributed by atoms with Gasteiger partial charge in [0.1, 0.15) is 11.5 Å². The molecule has 3 heterocycles. The maximum Gasteiger partial charge on any atom is 0.181 e. The Balaban J connectivity index is 1.71. The first-order chi connectivity index (χ1) is 11.4. The lowest BCUT2D eigenvalue weighted by molar-refractivity contribution is 0.276. The molecule has 2 aromatic heterocycles. The third kappa shape index (κ3) is 2.48. The number of hydrogen-bond acceptors (Lipinski definition) is 4. The standard InChI is InChI=1S/C18H20FN5/c1-18(2)10-23(11-18)14-6-12-9-24(22-17(12)21-8-14)16-7-13(20-3)4-5-15(16)19/h4-9,20H,10-11H2,1-3H3. The zero-order valence-corrected chi connectivity index (χ0v) is 14.0. The molecule has 6 heteroatoms. The van der Waals surface area contributed by atoms with Crippen LogP contribution >= 0.6 is 0 Å². The fourth-order valence-electron chi connectivity index (χ4n) is 3.21. The molecule has 0 atom stereocenters. The number of nitrogens with zero attached hydrogens (tertiary/aromatic N) is 4. The van der Waals surface area contributed by atoms with E-state index in [1.165, 1.54) is 6.07 Å². The normalized spacial score (nSPS) is 16.2. The summed E-state index contributed by atoms with van der Waals surface area (Å²) in [5, 5.41) is 8.34. The monoisotopic (exact) mass is 325 g/mol. The van der Waals surface area contributed by atoms with Gasteiger partial charge in [0.25, 0.3) is 0 Å². The molecule has 124 valence electrons. The Morgan fingerprint density at radius 1 is 1.21 bits per heavy atom. The van der Waals surface area contributed by atoms with E-state index < -0.39 is 0 Å². The molecule has 0 amide bonds. The van der Waals surface area contributed by atoms with Crippen molar-refractivity contribution in [1.29, 1.82) is 0 Å². The summed E-state index contributed by atoms with van der Waals surface area (Å²) in [7, 11) is 1.80. The molecule has 0 bridgehead atoms. The van der Waals surface area contributed by atoms with Crippen molar-refractivity contribution in [1.82, 2.24) is 14.8 Å². The second-order valence-electron chi connectivity index (χ2n) is 7.12. The molecule has 0 aliphatic carbocycles. The molecular weight excluding hydrogens is 305 g/mol. The second-order valence-corrected chi connectivity index (χ2v) is 7.12. The summed E-state index contributed by atoms with van der Waals surface area (Å²) in [6.07, 6.45) is 3.67. The predicted molar refractivity (Wildman–Crippen MR) is 94.4 cm³/mol. The van der Waals surface area contributed by atoms with Crippen LogP contribution in [-0.4, -0.2) is 34.9 Å². The SMILES string of the molecule is CNc1ccc(F)c(-n2cc3cc(N4CC(C)(C)C4)cnc3n2)c1. The van der Waals surface area contributed by atoms with Crippen LogP contribution in [0.1, 0.15) is 13.8 Å². The minimum Gasteiger partial charge on any atom is -0.388 e. The van der Waals surface area contributed by atoms with Gasteiger partial charge in [0.2, 0.25) is 0 Å². The Labute approximate surface area is 140 Å². The van der Waals surface area contributed by atoms with E-state index in [0.29, 0.717) is 16.7 Å². The van der Waals surface area contributed by atoms with Crippen LogP contribution in [-0.2, 0) is 0 Å². The topological polar surface area (TPSA) is 46.0 Å². The molecule has 1 fully saturated rings. The Morgan fingerprint density at radius 2 is 2.00 bits per heavy atom. The molecule has 1 N–H and O–H groups in total. The van der Waals surface area contributed by atoms with Gasteiger partial charge in [0.05, 0.1) is 11.9 Å². The Kier molecular flexibility index (Phi) is 3.23. The van der Waals surface area contributed by atoms with Gasteiger partial charge in [-0.25, -0.2) is 14.1 Å². The Morgan fingerprint density at radius 3 is 2.71 bits per heavy atom. The fourth-order valence-corrected chi connectivity index (χ4v) is 3.21. The van der Waals surface area contributed by atoms with Crippen LogP contribution in [0, 0.1) is 11.2 Å². The van der Waals surface area contributed by atoms with Crippen molar-refractivity contribution in [2.45, 2.75) is 13.8 Å². The first kappa shape index (κ1) is 14.9. The highest BCUT2D eigenvalue weighted by Gasteiger charge is 2.34. The van der Waals surface area contributed by atoms with Crippen LogP contribution in [0.5, 0.6) is 0 Å². The third-order valence-electron chi connectivity index (χ3n) is 4.43. The number of hydrogen-bond donors (Lipinski definition) is 1. The maximum atomic E-state index is 14.2. The minimum atomic E-state index is -0.313. The summed E-state index contributed by atoms with van der Waals surface area (Å²) < 4.78 is 15.7. The van der Waals surface area contributed by atoms with E-state index in [-0.39, 0.29) is 5.82 Å². The average molecular weight is 325 g/mol. The number of halogens is 1. The molecule has 4 rings (SSSR count). The highest BCUT2D eigenvalue weighted by molar-refractivity contribution is 5.79. The summed E-state index contributed by atoms with van der Waals surface area (Å²) >= 11 is 0. The quantitative estimate of drug-likeness (QED) is 0.801. The van der Waals surface area contributed by atoms with Crippen LogP contribution in [0.4, 0.5) is 15.8 Å². The van der Waals surface area contributed by atoms with Gasteiger partial charge >= 0.3 is 0 Å². The molecule has 1 aliphatic rings. The number of aromatic nitrogens is 3. The number of pyridine rings is 1. The van der Waals surface area contributed by atoms with E-state index in [9.17, 15) is 4.39 Å². The second kappa shape index (κ2) is 5.19. The van der Waals surface area contributed by atoms with Gasteiger partial charge in [-0.3, -0.25) is 0 Å². The Hall–Kier alpha value is -2.63. The first-order valence-electron chi connectivity index (χ1n) is 8.03. The maximum absolute atomic E-state index is 14.2. The molecule has 5 nitrogen and oxygen atoms in total. The molecular formula is C18H20FN5. The van der Waals surface area contributed by atoms with Crippen molar-refractivity contribution in [3.8, 4) is 5.69 Å². The van der Waals surface area contributed by atoms with Gasteiger partial charge in [0, 0.05) is 37.4 Å². The van der Waals surface area contributed by atoms with Crippen molar-refractivity contribution in [2.24, 2.45) is 5.41 Å². The molecule has 0 spiro atoms. The number of nitrogens with one attached hydrogen (secondary N) is 1. The lowest BCUT2D eigenvalue weighted by Gasteiger charge is -2.47. The van der Waals surface area contributed by atoms with Crippen LogP contribution < -0.4 is 10.2 Å². The van der Waals surface area contributed by atoms with Gasteiger partial charge in [0.15, 0.2) is 5.65 Å². The zero-order chi connectivity index (χ0) is 16.9. The van der Waals surface area contributed by atoms with Crippen LogP contribution in [0.25, 0.3) is 16.7 Å². The molecule has 0 saturated carbocycles. The molecule has 1 saturated heterocycles. The summed E-state index contributed by atoms with van der Waals surface area (Å²) in [6.45, 7) is 6.55. The number of rotatable bonds is 3. The van der Waals surface area contributed by atoms with Crippen LogP contribution in [0.3, 0.4) is 0 Å². The largest absolute Gasteiger partial charge is 0.388 e. The van der Waals surface area contributed by atoms with E-state index >= 15 is 0 Å². The number of fused-ring (bicyclic) bond motifs is 1. The van der Waals surface area contributed by atoms with Gasteiger partial charge in [-0.1, -0.05) is 13.8 Å². The highest BCUT2D eigenvalue weighted by Crippen LogP contribution is 2.34. The number of anilines is 2. The summed E-state index contributed by atoms with van der Waals surface area (Å²) in [4.78, 5) is 6.74. The van der Waals surface area contributed by atoms with Crippen molar-refractivity contribution >= 4 is 22.4 Å². The molecule has 24 heavy (non-hydrogen) atoms. The van der Waals surface area contributed by atoms with E-state index in [0.717, 1.165) is 29.9 Å². The van der Waals surface area contributed by atoms with E-state index in [2.05, 4.69) is 40.2 Å². The number of benzene rings is 1. The van der Waals surface area contributed by atoms with Gasteiger partial charge in [-0.05, 0) is 29.7 Å². The van der Waals surface area contributed by atoms with E-state index in [1.807, 2.05) is 12.4 Å². The molecule has 1 aliphatic heterocycles. The summed E-state index contributed by atoms with van der Waals surface area (Å²) in [5.74, 6) is -0.313. The average Bonchev–Trinajstić information content (AvgIpc) is 2.95. The van der Waals surface area contributed by atoms with Gasteiger partial charge in [-0.2, -0.15) is 0 Å².